The summed E-state index contributed by atoms with van der Waals surface area (Å²) in [6.07, 6.45) is 10.4. The number of anilines is 1. The minimum Gasteiger partial charge on any atom is -0.355 e. The van der Waals surface area contributed by atoms with Crippen LogP contribution in [-0.2, 0) is 11.2 Å². The third-order valence-corrected chi connectivity index (χ3v) is 11.0. The lowest BCUT2D eigenvalue weighted by Gasteiger charge is -2.09. The molecular weight excluding hydrogens is 627 g/mol. The Kier molecular flexibility index (Phi) is 10.6. The van der Waals surface area contributed by atoms with Gasteiger partial charge in [0.1, 0.15) is 0 Å². The van der Waals surface area contributed by atoms with Gasteiger partial charge in [-0.1, -0.05) is 58.2 Å². The number of amides is 1. The molecule has 6 heteroatoms. The van der Waals surface area contributed by atoms with E-state index in [0.717, 1.165) is 93.0 Å². The van der Waals surface area contributed by atoms with Gasteiger partial charge in [-0.3, -0.25) is 4.79 Å². The van der Waals surface area contributed by atoms with E-state index in [0.29, 0.717) is 0 Å². The lowest BCUT2D eigenvalue weighted by Crippen LogP contribution is -2.06. The third-order valence-electron chi connectivity index (χ3n) is 11.0. The Morgan fingerprint density at radius 1 is 0.706 bits per heavy atom. The van der Waals surface area contributed by atoms with Crippen LogP contribution in [0.2, 0.25) is 0 Å². The second-order valence-electron chi connectivity index (χ2n) is 14.3. The molecule has 0 unspecified atom stereocenters. The Morgan fingerprint density at radius 3 is 2.06 bits per heavy atom. The summed E-state index contributed by atoms with van der Waals surface area (Å²) < 4.78 is 0. The molecule has 0 radical (unpaired) electrons. The minimum absolute atomic E-state index is 0.234. The summed E-state index contributed by atoms with van der Waals surface area (Å²) in [5, 5.41) is 2.88. The van der Waals surface area contributed by atoms with Crippen LogP contribution in [0.3, 0.4) is 0 Å². The number of nitrogens with one attached hydrogen (secondary N) is 3. The third kappa shape index (κ3) is 7.01. The van der Waals surface area contributed by atoms with E-state index in [1.54, 1.807) is 0 Å². The molecule has 2 aliphatic heterocycles. The predicted molar refractivity (Wildman–Crippen MR) is 217 cm³/mol. The summed E-state index contributed by atoms with van der Waals surface area (Å²) >= 11 is 0. The maximum Gasteiger partial charge on any atom is 0.247 e. The summed E-state index contributed by atoms with van der Waals surface area (Å²) in [6.45, 7) is 21.3. The molecule has 1 amide bonds. The van der Waals surface area contributed by atoms with Crippen molar-refractivity contribution in [3.63, 3.8) is 0 Å². The molecule has 0 saturated heterocycles. The Labute approximate surface area is 303 Å². The molecule has 8 bridgehead atoms. The van der Waals surface area contributed by atoms with Gasteiger partial charge in [0.2, 0.25) is 5.91 Å². The Hall–Kier alpha value is -4.97. The number of hydrogen-bond acceptors (Lipinski definition) is 3. The molecule has 3 N–H and O–H groups in total. The summed E-state index contributed by atoms with van der Waals surface area (Å²) in [4.78, 5) is 30.5. The van der Waals surface area contributed by atoms with Crippen molar-refractivity contribution in [1.29, 1.82) is 0 Å². The zero-order valence-corrected chi connectivity index (χ0v) is 31.8. The van der Waals surface area contributed by atoms with Gasteiger partial charge in [0.15, 0.2) is 0 Å². The van der Waals surface area contributed by atoms with E-state index in [1.165, 1.54) is 70.7 Å². The number of benzene rings is 1. The monoisotopic (exact) mass is 679 g/mol. The number of carbonyl (C=O) groups excluding carboxylic acids is 1. The molecule has 2 aliphatic rings. The molecule has 6 rings (SSSR count). The summed E-state index contributed by atoms with van der Waals surface area (Å²) in [7, 11) is 0. The Balaban J connectivity index is 1.72. The van der Waals surface area contributed by atoms with Crippen molar-refractivity contribution in [1.82, 2.24) is 19.9 Å². The molecule has 0 fully saturated rings. The second kappa shape index (κ2) is 15.1. The number of H-pyrrole nitrogens is 2. The summed E-state index contributed by atoms with van der Waals surface area (Å²) in [5.74, 6) is -0.234. The first-order valence-electron chi connectivity index (χ1n) is 18.7. The number of allylic oxidation sites excluding steroid dienone is 4. The van der Waals surface area contributed by atoms with Crippen LogP contribution in [0.4, 0.5) is 5.69 Å². The average Bonchev–Trinajstić information content (AvgIpc) is 3.77. The topological polar surface area (TPSA) is 86.5 Å². The van der Waals surface area contributed by atoms with Crippen molar-refractivity contribution in [2.75, 3.05) is 5.32 Å². The zero-order chi connectivity index (χ0) is 36.4. The van der Waals surface area contributed by atoms with Gasteiger partial charge in [-0.05, 0) is 154 Å². The number of aromatic amines is 2. The molecule has 3 aromatic heterocycles. The average molecular weight is 680 g/mol. The lowest BCUT2D eigenvalue weighted by molar-refractivity contribution is -0.111. The predicted octanol–water partition coefficient (Wildman–Crippen LogP) is 12.2. The quantitative estimate of drug-likeness (QED) is 0.109. The van der Waals surface area contributed by atoms with Crippen LogP contribution in [-0.4, -0.2) is 25.8 Å². The number of hydrogen-bond donors (Lipinski definition) is 3. The van der Waals surface area contributed by atoms with Crippen molar-refractivity contribution >= 4 is 56.0 Å². The van der Waals surface area contributed by atoms with E-state index in [-0.39, 0.29) is 5.91 Å². The van der Waals surface area contributed by atoms with Crippen LogP contribution >= 0.6 is 0 Å². The normalized spacial score (nSPS) is 12.9. The van der Waals surface area contributed by atoms with Crippen LogP contribution < -0.4 is 5.32 Å². The maximum absolute atomic E-state index is 12.1. The SMILES string of the molecule is C=CC(=O)Nc1ccc(-c2c3nc(cc4nc(cc5[nH]c(cc6[nH]c2c(C)c6C)c(C)c5CCCCC)C(CCCCC)=C4C)C(C)=C3C)cc1. The Bertz CT molecular complexity index is 2240. The van der Waals surface area contributed by atoms with Crippen molar-refractivity contribution < 1.29 is 4.79 Å². The van der Waals surface area contributed by atoms with Crippen molar-refractivity contribution in [3.8, 4) is 11.1 Å². The molecule has 0 aliphatic carbocycles. The number of aryl methyl sites for hydroxylation is 4. The number of nitrogens with zero attached hydrogens (tertiary/aromatic N) is 2. The van der Waals surface area contributed by atoms with Gasteiger partial charge in [0, 0.05) is 27.8 Å². The number of fused-ring (bicyclic) bond motifs is 8. The Morgan fingerprint density at radius 2 is 1.37 bits per heavy atom. The second-order valence-corrected chi connectivity index (χ2v) is 14.3. The largest absolute Gasteiger partial charge is 0.355 e. The number of carbonyl (C=O) groups is 1. The molecule has 0 atom stereocenters. The van der Waals surface area contributed by atoms with E-state index in [9.17, 15) is 4.79 Å². The minimum atomic E-state index is -0.234. The fraction of sp³-hybridized carbons (Fsp3) is 0.356. The van der Waals surface area contributed by atoms with E-state index in [1.807, 2.05) is 12.1 Å². The molecule has 5 heterocycles. The number of rotatable bonds is 11. The van der Waals surface area contributed by atoms with E-state index < -0.39 is 0 Å². The molecule has 264 valence electrons. The first kappa shape index (κ1) is 35.8. The van der Waals surface area contributed by atoms with Gasteiger partial charge in [-0.2, -0.15) is 0 Å². The van der Waals surface area contributed by atoms with E-state index in [4.69, 9.17) is 9.97 Å². The van der Waals surface area contributed by atoms with E-state index >= 15 is 0 Å². The van der Waals surface area contributed by atoms with Gasteiger partial charge < -0.3 is 15.3 Å². The van der Waals surface area contributed by atoms with Crippen LogP contribution in [0.5, 0.6) is 0 Å². The highest BCUT2D eigenvalue weighted by Crippen LogP contribution is 2.41. The number of unbranched alkanes of at least 4 members (excludes halogenated alkanes) is 4. The number of aromatic nitrogens is 4. The summed E-state index contributed by atoms with van der Waals surface area (Å²) in [5.41, 5.74) is 21.1. The summed E-state index contributed by atoms with van der Waals surface area (Å²) in [6, 6.07) is 14.8. The highest BCUT2D eigenvalue weighted by Gasteiger charge is 2.23. The molecule has 0 saturated carbocycles. The smallest absolute Gasteiger partial charge is 0.247 e. The molecule has 1 aromatic carbocycles. The van der Waals surface area contributed by atoms with Gasteiger partial charge >= 0.3 is 0 Å². The molecule has 0 spiro atoms. The first-order chi connectivity index (χ1) is 24.6. The highest BCUT2D eigenvalue weighted by molar-refractivity contribution is 6.02. The maximum atomic E-state index is 12.1. The fourth-order valence-electron chi connectivity index (χ4n) is 7.45. The van der Waals surface area contributed by atoms with Crippen LogP contribution in [0.1, 0.15) is 125 Å². The van der Waals surface area contributed by atoms with Crippen molar-refractivity contribution in [2.45, 2.75) is 107 Å². The molecule has 4 aromatic rings. The van der Waals surface area contributed by atoms with Crippen LogP contribution in [0.25, 0.3) is 55.5 Å². The fourth-order valence-corrected chi connectivity index (χ4v) is 7.45. The molecule has 51 heavy (non-hydrogen) atoms. The first-order valence-corrected chi connectivity index (χ1v) is 18.7. The lowest BCUT2D eigenvalue weighted by atomic mass is 9.96. The van der Waals surface area contributed by atoms with E-state index in [2.05, 4.69) is 108 Å². The standard InChI is InChI=1S/C45H53N5O/c1-10-13-15-17-34-30(8)38-23-36-26(4)28(6)44(49-36)43(32-19-21-33(22-20-32)46-42(51)12-3)45-29(7)27(5)37(50-45)24-39-31(9)35(18-16-14-11-2)41(48-39)25-40(34)47-38/h12,19-25,47,49H,3,10-11,13-18H2,1-2,4-9H3,(H,46,51). The van der Waals surface area contributed by atoms with Crippen LogP contribution in [0.15, 0.2) is 55.1 Å². The van der Waals surface area contributed by atoms with Crippen molar-refractivity contribution in [3.05, 3.63) is 100 Å². The molecular formula is C45H53N5O. The van der Waals surface area contributed by atoms with Gasteiger partial charge in [0.05, 0.1) is 28.3 Å². The van der Waals surface area contributed by atoms with Gasteiger partial charge in [0.25, 0.3) is 0 Å². The molecule has 6 nitrogen and oxygen atoms in total. The zero-order valence-electron chi connectivity index (χ0n) is 31.8. The van der Waals surface area contributed by atoms with Crippen molar-refractivity contribution in [2.24, 2.45) is 0 Å². The van der Waals surface area contributed by atoms with Gasteiger partial charge in [-0.25, -0.2) is 9.97 Å². The highest BCUT2D eigenvalue weighted by atomic mass is 16.1. The van der Waals surface area contributed by atoms with Gasteiger partial charge in [-0.15, -0.1) is 0 Å². The van der Waals surface area contributed by atoms with Crippen LogP contribution in [0, 0.1) is 20.8 Å².